The first-order valence-corrected chi connectivity index (χ1v) is 8.00. The number of aromatic nitrogens is 1. The first-order valence-electron chi connectivity index (χ1n) is 6.60. The highest BCUT2D eigenvalue weighted by atomic mass is 32.2. The SMILES string of the molecule is CSCC[C@@H](NC(=O)c1ccc2c(ccn2C)c1)C(=O)O. The van der Waals surface area contributed by atoms with Gasteiger partial charge in [0.25, 0.3) is 5.91 Å². The number of aliphatic carboxylic acids is 1. The van der Waals surface area contributed by atoms with Gasteiger partial charge in [0.15, 0.2) is 0 Å². The first-order chi connectivity index (χ1) is 10.0. The molecule has 0 radical (unpaired) electrons. The summed E-state index contributed by atoms with van der Waals surface area (Å²) in [6.07, 6.45) is 4.24. The van der Waals surface area contributed by atoms with Gasteiger partial charge in [-0.15, -0.1) is 0 Å². The van der Waals surface area contributed by atoms with Gasteiger partial charge in [0.2, 0.25) is 0 Å². The molecule has 0 spiro atoms. The molecule has 112 valence electrons. The molecule has 1 heterocycles. The summed E-state index contributed by atoms with van der Waals surface area (Å²) < 4.78 is 1.97. The molecule has 2 aromatic rings. The van der Waals surface area contributed by atoms with Crippen molar-refractivity contribution in [2.24, 2.45) is 7.05 Å². The molecule has 2 rings (SSSR count). The van der Waals surface area contributed by atoms with E-state index in [-0.39, 0.29) is 5.91 Å². The third-order valence-electron chi connectivity index (χ3n) is 3.36. The molecule has 0 unspecified atom stereocenters. The Bertz CT molecular complexity index is 666. The lowest BCUT2D eigenvalue weighted by Crippen LogP contribution is -2.41. The van der Waals surface area contributed by atoms with Crippen LogP contribution in [0.5, 0.6) is 0 Å². The summed E-state index contributed by atoms with van der Waals surface area (Å²) in [5, 5.41) is 12.7. The third-order valence-corrected chi connectivity index (χ3v) is 4.01. The summed E-state index contributed by atoms with van der Waals surface area (Å²) in [5.74, 6) is -0.665. The van der Waals surface area contributed by atoms with Gasteiger partial charge < -0.3 is 15.0 Å². The van der Waals surface area contributed by atoms with Gasteiger partial charge in [-0.1, -0.05) is 0 Å². The van der Waals surface area contributed by atoms with E-state index in [4.69, 9.17) is 5.11 Å². The number of nitrogens with zero attached hydrogens (tertiary/aromatic N) is 1. The molecule has 2 N–H and O–H groups in total. The average Bonchev–Trinajstić information content (AvgIpc) is 2.84. The zero-order valence-electron chi connectivity index (χ0n) is 12.0. The Labute approximate surface area is 127 Å². The van der Waals surface area contributed by atoms with E-state index in [1.807, 2.05) is 36.2 Å². The molecule has 1 aromatic heterocycles. The number of carbonyl (C=O) groups excluding carboxylic acids is 1. The molecule has 0 aliphatic carbocycles. The Balaban J connectivity index is 2.14. The van der Waals surface area contributed by atoms with Crippen molar-refractivity contribution in [1.82, 2.24) is 9.88 Å². The minimum Gasteiger partial charge on any atom is -0.480 e. The van der Waals surface area contributed by atoms with Crippen molar-refractivity contribution in [3.05, 3.63) is 36.0 Å². The molecule has 1 atom stereocenters. The van der Waals surface area contributed by atoms with Crippen LogP contribution in [0.15, 0.2) is 30.5 Å². The largest absolute Gasteiger partial charge is 0.480 e. The number of thioether (sulfide) groups is 1. The molecule has 1 aromatic carbocycles. The van der Waals surface area contributed by atoms with Gasteiger partial charge in [-0.05, 0) is 42.7 Å². The fraction of sp³-hybridized carbons (Fsp3) is 0.333. The maximum absolute atomic E-state index is 12.2. The normalized spacial score (nSPS) is 12.3. The number of carbonyl (C=O) groups is 2. The zero-order chi connectivity index (χ0) is 15.4. The fourth-order valence-corrected chi connectivity index (χ4v) is 2.63. The van der Waals surface area contributed by atoms with Crippen LogP contribution in [0.3, 0.4) is 0 Å². The van der Waals surface area contributed by atoms with Gasteiger partial charge in [-0.2, -0.15) is 11.8 Å². The molecule has 0 fully saturated rings. The number of hydrogen-bond donors (Lipinski definition) is 2. The molecule has 0 bridgehead atoms. The zero-order valence-corrected chi connectivity index (χ0v) is 12.8. The minimum absolute atomic E-state index is 0.353. The maximum atomic E-state index is 12.2. The molecular weight excluding hydrogens is 288 g/mol. The van der Waals surface area contributed by atoms with Crippen molar-refractivity contribution in [3.8, 4) is 0 Å². The lowest BCUT2D eigenvalue weighted by atomic mass is 10.1. The van der Waals surface area contributed by atoms with Crippen LogP contribution in [0.25, 0.3) is 10.9 Å². The molecule has 6 heteroatoms. The highest BCUT2D eigenvalue weighted by molar-refractivity contribution is 7.98. The minimum atomic E-state index is -1.00. The number of carboxylic acid groups (broad SMARTS) is 1. The average molecular weight is 306 g/mol. The van der Waals surface area contributed by atoms with E-state index in [2.05, 4.69) is 5.32 Å². The van der Waals surface area contributed by atoms with E-state index >= 15 is 0 Å². The summed E-state index contributed by atoms with van der Waals surface area (Å²) in [5.41, 5.74) is 1.51. The topological polar surface area (TPSA) is 71.3 Å². The summed E-state index contributed by atoms with van der Waals surface area (Å²) in [7, 11) is 1.94. The second-order valence-electron chi connectivity index (χ2n) is 4.85. The molecule has 0 saturated heterocycles. The summed E-state index contributed by atoms with van der Waals surface area (Å²) in [6, 6.07) is 6.43. The van der Waals surface area contributed by atoms with Gasteiger partial charge in [0.1, 0.15) is 6.04 Å². The quantitative estimate of drug-likeness (QED) is 0.857. The lowest BCUT2D eigenvalue weighted by Gasteiger charge is -2.14. The monoisotopic (exact) mass is 306 g/mol. The third kappa shape index (κ3) is 3.58. The molecule has 0 aliphatic heterocycles. The Hall–Kier alpha value is -1.95. The smallest absolute Gasteiger partial charge is 0.326 e. The van der Waals surface area contributed by atoms with Crippen LogP contribution in [0, 0.1) is 0 Å². The van der Waals surface area contributed by atoms with E-state index in [0.717, 1.165) is 10.9 Å². The number of carboxylic acids is 1. The van der Waals surface area contributed by atoms with E-state index in [9.17, 15) is 9.59 Å². The van der Waals surface area contributed by atoms with Crippen molar-refractivity contribution >= 4 is 34.5 Å². The van der Waals surface area contributed by atoms with Gasteiger partial charge in [0.05, 0.1) is 0 Å². The number of amides is 1. The second kappa shape index (κ2) is 6.67. The Morgan fingerprint density at radius 2 is 2.14 bits per heavy atom. The molecular formula is C15H18N2O3S. The fourth-order valence-electron chi connectivity index (χ4n) is 2.16. The standard InChI is InChI=1S/C15H18N2O3S/c1-17-7-5-10-9-11(3-4-13(10)17)14(18)16-12(15(19)20)6-8-21-2/h3-5,7,9,12H,6,8H2,1-2H3,(H,16,18)(H,19,20)/t12-/m1/s1. The highest BCUT2D eigenvalue weighted by Gasteiger charge is 2.20. The van der Waals surface area contributed by atoms with Gasteiger partial charge in [0, 0.05) is 29.7 Å². The predicted molar refractivity (Wildman–Crippen MR) is 84.8 cm³/mol. The number of aryl methyl sites for hydroxylation is 1. The van der Waals surface area contributed by atoms with Gasteiger partial charge in [-0.3, -0.25) is 4.79 Å². The van der Waals surface area contributed by atoms with Crippen LogP contribution in [0.4, 0.5) is 0 Å². The van der Waals surface area contributed by atoms with E-state index in [0.29, 0.717) is 17.7 Å². The van der Waals surface area contributed by atoms with Gasteiger partial charge >= 0.3 is 5.97 Å². The molecule has 1 amide bonds. The van der Waals surface area contributed by atoms with Crippen molar-refractivity contribution in [1.29, 1.82) is 0 Å². The number of fused-ring (bicyclic) bond motifs is 1. The van der Waals surface area contributed by atoms with Crippen molar-refractivity contribution in [2.75, 3.05) is 12.0 Å². The highest BCUT2D eigenvalue weighted by Crippen LogP contribution is 2.16. The Kier molecular flexibility index (Phi) is 4.90. The van der Waals surface area contributed by atoms with E-state index in [1.54, 1.807) is 23.9 Å². The van der Waals surface area contributed by atoms with Gasteiger partial charge in [-0.25, -0.2) is 4.79 Å². The number of rotatable bonds is 6. The number of nitrogens with one attached hydrogen (secondary N) is 1. The van der Waals surface area contributed by atoms with Crippen LogP contribution in [-0.4, -0.2) is 39.6 Å². The Morgan fingerprint density at radius 1 is 1.38 bits per heavy atom. The van der Waals surface area contributed by atoms with Crippen LogP contribution in [0.1, 0.15) is 16.8 Å². The lowest BCUT2D eigenvalue weighted by molar-refractivity contribution is -0.139. The summed E-state index contributed by atoms with van der Waals surface area (Å²) in [6.45, 7) is 0. The van der Waals surface area contributed by atoms with Crippen LogP contribution in [0.2, 0.25) is 0 Å². The predicted octanol–water partition coefficient (Wildman–Crippen LogP) is 2.11. The molecule has 21 heavy (non-hydrogen) atoms. The van der Waals surface area contributed by atoms with Crippen molar-refractivity contribution < 1.29 is 14.7 Å². The summed E-state index contributed by atoms with van der Waals surface area (Å²) >= 11 is 1.56. The van der Waals surface area contributed by atoms with E-state index < -0.39 is 12.0 Å². The molecule has 5 nitrogen and oxygen atoms in total. The second-order valence-corrected chi connectivity index (χ2v) is 5.83. The molecule has 0 saturated carbocycles. The summed E-state index contributed by atoms with van der Waals surface area (Å²) in [4.78, 5) is 23.3. The number of hydrogen-bond acceptors (Lipinski definition) is 3. The maximum Gasteiger partial charge on any atom is 0.326 e. The Morgan fingerprint density at radius 3 is 2.81 bits per heavy atom. The van der Waals surface area contributed by atoms with Crippen LogP contribution >= 0.6 is 11.8 Å². The molecule has 0 aliphatic rings. The first kappa shape index (κ1) is 15.4. The van der Waals surface area contributed by atoms with Crippen LogP contribution in [-0.2, 0) is 11.8 Å². The number of benzene rings is 1. The van der Waals surface area contributed by atoms with Crippen molar-refractivity contribution in [2.45, 2.75) is 12.5 Å². The van der Waals surface area contributed by atoms with Crippen LogP contribution < -0.4 is 5.32 Å². The van der Waals surface area contributed by atoms with Crippen molar-refractivity contribution in [3.63, 3.8) is 0 Å². The van der Waals surface area contributed by atoms with E-state index in [1.165, 1.54) is 0 Å².